The van der Waals surface area contributed by atoms with Crippen LogP contribution in [-0.2, 0) is 14.6 Å². The van der Waals surface area contributed by atoms with Crippen LogP contribution in [0, 0.1) is 0 Å². The third kappa shape index (κ3) is 4.97. The molecule has 0 spiro atoms. The summed E-state index contributed by atoms with van der Waals surface area (Å²) in [5.74, 6) is 0.147. The Morgan fingerprint density at radius 2 is 1.79 bits per heavy atom. The predicted octanol–water partition coefficient (Wildman–Crippen LogP) is 3.00. The number of para-hydroxylation sites is 1. The molecule has 0 saturated heterocycles. The zero-order chi connectivity index (χ0) is 17.7. The summed E-state index contributed by atoms with van der Waals surface area (Å²) in [6, 6.07) is 13.0. The van der Waals surface area contributed by atoms with Crippen LogP contribution in [0.15, 0.2) is 53.4 Å². The molecule has 2 rings (SSSR count). The van der Waals surface area contributed by atoms with Crippen molar-refractivity contribution in [3.8, 4) is 5.75 Å². The number of sulfone groups is 1. The van der Waals surface area contributed by atoms with E-state index in [1.165, 1.54) is 12.1 Å². The van der Waals surface area contributed by atoms with Gasteiger partial charge < -0.3 is 10.1 Å². The first-order valence-electron chi connectivity index (χ1n) is 7.24. The van der Waals surface area contributed by atoms with Crippen molar-refractivity contribution < 1.29 is 17.9 Å². The van der Waals surface area contributed by atoms with Gasteiger partial charge in [0.15, 0.2) is 16.4 Å². The quantitative estimate of drug-likeness (QED) is 0.851. The summed E-state index contributed by atoms with van der Waals surface area (Å²) < 4.78 is 28.3. The Hall–Kier alpha value is -2.05. The topological polar surface area (TPSA) is 72.5 Å². The molecule has 1 N–H and O–H groups in total. The Labute approximate surface area is 146 Å². The molecule has 0 aromatic heterocycles. The van der Waals surface area contributed by atoms with E-state index in [0.717, 1.165) is 11.8 Å². The van der Waals surface area contributed by atoms with Crippen LogP contribution in [0.25, 0.3) is 0 Å². The highest BCUT2D eigenvalue weighted by Gasteiger charge is 2.12. The second kappa shape index (κ2) is 7.68. The van der Waals surface area contributed by atoms with Gasteiger partial charge in [-0.05, 0) is 36.8 Å². The van der Waals surface area contributed by atoms with Gasteiger partial charge in [-0.15, -0.1) is 0 Å². The van der Waals surface area contributed by atoms with E-state index < -0.39 is 9.84 Å². The standard InChI is InChI=1S/C17H18ClNO4S/c1-12(13-7-9-14(10-8-13)24(2,21)22)19-17(20)11-23-16-6-4-3-5-15(16)18/h3-10,12H,11H2,1-2H3,(H,19,20)/t12-/m0/s1. The minimum Gasteiger partial charge on any atom is -0.482 e. The Morgan fingerprint density at radius 3 is 2.38 bits per heavy atom. The maximum atomic E-state index is 12.0. The molecule has 5 nitrogen and oxygen atoms in total. The van der Waals surface area contributed by atoms with Crippen molar-refractivity contribution in [2.24, 2.45) is 0 Å². The van der Waals surface area contributed by atoms with Crippen molar-refractivity contribution in [1.29, 1.82) is 0 Å². The third-order valence-electron chi connectivity index (χ3n) is 3.38. The molecule has 0 aliphatic rings. The van der Waals surface area contributed by atoms with E-state index in [1.54, 1.807) is 36.4 Å². The molecule has 1 atom stereocenters. The SMILES string of the molecule is C[C@H](NC(=O)COc1ccccc1Cl)c1ccc(S(C)(=O)=O)cc1. The highest BCUT2D eigenvalue weighted by atomic mass is 35.5. The Kier molecular flexibility index (Phi) is 5.85. The van der Waals surface area contributed by atoms with E-state index in [1.807, 2.05) is 6.92 Å². The van der Waals surface area contributed by atoms with Crippen molar-refractivity contribution >= 4 is 27.3 Å². The maximum Gasteiger partial charge on any atom is 0.258 e. The summed E-state index contributed by atoms with van der Waals surface area (Å²) in [6.45, 7) is 1.65. The van der Waals surface area contributed by atoms with Gasteiger partial charge in [0.1, 0.15) is 5.75 Å². The smallest absolute Gasteiger partial charge is 0.258 e. The number of carbonyl (C=O) groups is 1. The summed E-state index contributed by atoms with van der Waals surface area (Å²) in [4.78, 5) is 12.2. The summed E-state index contributed by atoms with van der Waals surface area (Å²) in [6.07, 6.45) is 1.15. The monoisotopic (exact) mass is 367 g/mol. The van der Waals surface area contributed by atoms with Crippen LogP contribution in [-0.4, -0.2) is 27.2 Å². The average molecular weight is 368 g/mol. The fourth-order valence-electron chi connectivity index (χ4n) is 2.08. The van der Waals surface area contributed by atoms with Crippen molar-refractivity contribution in [3.05, 3.63) is 59.1 Å². The Morgan fingerprint density at radius 1 is 1.17 bits per heavy atom. The number of carbonyl (C=O) groups excluding carboxylic acids is 1. The molecule has 7 heteroatoms. The number of hydrogen-bond acceptors (Lipinski definition) is 4. The van der Waals surface area contributed by atoms with Crippen LogP contribution in [0.4, 0.5) is 0 Å². The number of halogens is 1. The van der Waals surface area contributed by atoms with Crippen LogP contribution in [0.1, 0.15) is 18.5 Å². The second-order valence-electron chi connectivity index (χ2n) is 5.35. The highest BCUT2D eigenvalue weighted by Crippen LogP contribution is 2.23. The van der Waals surface area contributed by atoms with Crippen LogP contribution in [0.5, 0.6) is 5.75 Å². The summed E-state index contributed by atoms with van der Waals surface area (Å²) in [5.41, 5.74) is 0.800. The number of amides is 1. The van der Waals surface area contributed by atoms with Gasteiger partial charge in [0.05, 0.1) is 16.0 Å². The third-order valence-corrected chi connectivity index (χ3v) is 4.82. The molecule has 0 aliphatic carbocycles. The molecule has 0 saturated carbocycles. The predicted molar refractivity (Wildman–Crippen MR) is 93.1 cm³/mol. The molecule has 0 radical (unpaired) electrons. The molecule has 128 valence electrons. The first kappa shape index (κ1) is 18.3. The van der Waals surface area contributed by atoms with Gasteiger partial charge in [-0.25, -0.2) is 8.42 Å². The molecule has 0 unspecified atom stereocenters. The van der Waals surface area contributed by atoms with Crippen molar-refractivity contribution in [2.75, 3.05) is 12.9 Å². The zero-order valence-corrected chi connectivity index (χ0v) is 14.9. The summed E-state index contributed by atoms with van der Waals surface area (Å²) >= 11 is 5.96. The Bertz CT molecular complexity index is 819. The lowest BCUT2D eigenvalue weighted by Gasteiger charge is -2.15. The van der Waals surface area contributed by atoms with E-state index in [-0.39, 0.29) is 23.5 Å². The molecule has 0 aliphatic heterocycles. The minimum absolute atomic E-state index is 0.157. The molecular formula is C17H18ClNO4S. The molecular weight excluding hydrogens is 350 g/mol. The van der Waals surface area contributed by atoms with Crippen LogP contribution >= 0.6 is 11.6 Å². The van der Waals surface area contributed by atoms with Crippen molar-refractivity contribution in [1.82, 2.24) is 5.32 Å². The molecule has 2 aromatic carbocycles. The second-order valence-corrected chi connectivity index (χ2v) is 7.77. The van der Waals surface area contributed by atoms with Crippen LogP contribution in [0.3, 0.4) is 0 Å². The number of hydrogen-bond donors (Lipinski definition) is 1. The lowest BCUT2D eigenvalue weighted by molar-refractivity contribution is -0.123. The van der Waals surface area contributed by atoms with Crippen molar-refractivity contribution in [3.63, 3.8) is 0 Å². The molecule has 2 aromatic rings. The van der Waals surface area contributed by atoms with Gasteiger partial charge >= 0.3 is 0 Å². The van der Waals surface area contributed by atoms with E-state index in [0.29, 0.717) is 10.8 Å². The Balaban J connectivity index is 1.93. The van der Waals surface area contributed by atoms with Gasteiger partial charge in [0.2, 0.25) is 0 Å². The van der Waals surface area contributed by atoms with Gasteiger partial charge in [-0.3, -0.25) is 4.79 Å². The van der Waals surface area contributed by atoms with Gasteiger partial charge in [-0.2, -0.15) is 0 Å². The van der Waals surface area contributed by atoms with Gasteiger partial charge in [0, 0.05) is 6.26 Å². The number of ether oxygens (including phenoxy) is 1. The van der Waals surface area contributed by atoms with Crippen LogP contribution < -0.4 is 10.1 Å². The van der Waals surface area contributed by atoms with Gasteiger partial charge in [-0.1, -0.05) is 35.9 Å². The molecule has 0 bridgehead atoms. The molecule has 24 heavy (non-hydrogen) atoms. The number of rotatable bonds is 6. The average Bonchev–Trinajstić information content (AvgIpc) is 2.53. The fraction of sp³-hybridized carbons (Fsp3) is 0.235. The summed E-state index contributed by atoms with van der Waals surface area (Å²) in [7, 11) is -3.23. The van der Waals surface area contributed by atoms with Crippen molar-refractivity contribution in [2.45, 2.75) is 17.9 Å². The molecule has 1 amide bonds. The largest absolute Gasteiger partial charge is 0.482 e. The van der Waals surface area contributed by atoms with E-state index in [9.17, 15) is 13.2 Å². The molecule has 0 heterocycles. The van der Waals surface area contributed by atoms with E-state index >= 15 is 0 Å². The zero-order valence-electron chi connectivity index (χ0n) is 13.3. The normalized spacial score (nSPS) is 12.5. The maximum absolute atomic E-state index is 12.0. The lowest BCUT2D eigenvalue weighted by atomic mass is 10.1. The number of benzene rings is 2. The number of nitrogens with one attached hydrogen (secondary N) is 1. The summed E-state index contributed by atoms with van der Waals surface area (Å²) in [5, 5.41) is 3.23. The van der Waals surface area contributed by atoms with Crippen LogP contribution in [0.2, 0.25) is 5.02 Å². The lowest BCUT2D eigenvalue weighted by Crippen LogP contribution is -2.31. The first-order chi connectivity index (χ1) is 11.3. The molecule has 0 fully saturated rings. The van der Waals surface area contributed by atoms with E-state index in [2.05, 4.69) is 5.32 Å². The van der Waals surface area contributed by atoms with Gasteiger partial charge in [0.25, 0.3) is 5.91 Å². The highest BCUT2D eigenvalue weighted by molar-refractivity contribution is 7.90. The first-order valence-corrected chi connectivity index (χ1v) is 9.51. The minimum atomic E-state index is -3.23. The van der Waals surface area contributed by atoms with E-state index in [4.69, 9.17) is 16.3 Å². The fourth-order valence-corrected chi connectivity index (χ4v) is 2.90.